The van der Waals surface area contributed by atoms with Gasteiger partial charge in [0.05, 0.1) is 12.2 Å². The van der Waals surface area contributed by atoms with Crippen molar-refractivity contribution in [2.24, 2.45) is 0 Å². The summed E-state index contributed by atoms with van der Waals surface area (Å²) in [4.78, 5) is 21.9. The van der Waals surface area contributed by atoms with Crippen LogP contribution in [0.5, 0.6) is 0 Å². The number of carbonyl (C=O) groups excluding carboxylic acids is 1. The second-order valence-electron chi connectivity index (χ2n) is 4.19. The van der Waals surface area contributed by atoms with Gasteiger partial charge in [0.25, 0.3) is 0 Å². The molecule has 1 rings (SSSR count). The average molecular weight is 285 g/mol. The fourth-order valence-electron chi connectivity index (χ4n) is 1.47. The summed E-state index contributed by atoms with van der Waals surface area (Å²) in [7, 11) is 0. The zero-order valence-electron chi connectivity index (χ0n) is 10.6. The van der Waals surface area contributed by atoms with Gasteiger partial charge in [-0.2, -0.15) is 0 Å². The molecule has 1 aromatic rings. The van der Waals surface area contributed by atoms with E-state index in [1.165, 1.54) is 23.9 Å². The Bertz CT molecular complexity index is 436. The molecule has 0 bridgehead atoms. The van der Waals surface area contributed by atoms with Crippen molar-refractivity contribution in [3.05, 3.63) is 35.6 Å². The highest BCUT2D eigenvalue weighted by Gasteiger charge is 2.10. The number of nitrogens with one attached hydrogen (secondary N) is 1. The standard InChI is InChI=1S/C13H16FNO3S/c1-9(6-13(17)18)15-12(16)8-19-7-10-2-4-11(14)5-3-10/h2-5,9H,6-8H2,1H3,(H,15,16)(H,17,18). The summed E-state index contributed by atoms with van der Waals surface area (Å²) in [5, 5.41) is 11.2. The Hall–Kier alpha value is -1.56. The summed E-state index contributed by atoms with van der Waals surface area (Å²) in [6.45, 7) is 1.65. The number of hydrogen-bond donors (Lipinski definition) is 2. The summed E-state index contributed by atoms with van der Waals surface area (Å²) >= 11 is 1.40. The van der Waals surface area contributed by atoms with Gasteiger partial charge in [-0.1, -0.05) is 12.1 Å². The van der Waals surface area contributed by atoms with E-state index < -0.39 is 5.97 Å². The third kappa shape index (κ3) is 6.81. The maximum absolute atomic E-state index is 12.7. The largest absolute Gasteiger partial charge is 0.481 e. The van der Waals surface area contributed by atoms with Gasteiger partial charge in [0.2, 0.25) is 5.91 Å². The van der Waals surface area contributed by atoms with Crippen LogP contribution in [0.25, 0.3) is 0 Å². The second-order valence-corrected chi connectivity index (χ2v) is 5.17. The highest BCUT2D eigenvalue weighted by atomic mass is 32.2. The highest BCUT2D eigenvalue weighted by Crippen LogP contribution is 2.12. The first-order valence-corrected chi connectivity index (χ1v) is 6.96. The number of carbonyl (C=O) groups is 2. The van der Waals surface area contributed by atoms with Gasteiger partial charge < -0.3 is 10.4 Å². The van der Waals surface area contributed by atoms with Crippen LogP contribution in [0.3, 0.4) is 0 Å². The van der Waals surface area contributed by atoms with E-state index in [-0.39, 0.29) is 29.9 Å². The van der Waals surface area contributed by atoms with Gasteiger partial charge in [0, 0.05) is 11.8 Å². The van der Waals surface area contributed by atoms with Crippen molar-refractivity contribution in [2.45, 2.75) is 25.1 Å². The third-order valence-corrected chi connectivity index (χ3v) is 3.31. The quantitative estimate of drug-likeness (QED) is 0.804. The Labute approximate surface area is 115 Å². The molecule has 4 nitrogen and oxygen atoms in total. The van der Waals surface area contributed by atoms with Crippen molar-refractivity contribution < 1.29 is 19.1 Å². The lowest BCUT2D eigenvalue weighted by Crippen LogP contribution is -2.35. The second kappa shape index (κ2) is 7.78. The summed E-state index contributed by atoms with van der Waals surface area (Å²) in [5.74, 6) is -0.552. The van der Waals surface area contributed by atoms with Crippen LogP contribution in [0.2, 0.25) is 0 Å². The molecule has 0 aliphatic rings. The summed E-state index contributed by atoms with van der Waals surface area (Å²) in [5.41, 5.74) is 0.942. The molecule has 0 fully saturated rings. The molecule has 0 spiro atoms. The predicted octanol–water partition coefficient (Wildman–Crippen LogP) is 2.04. The Morgan fingerprint density at radius 3 is 2.58 bits per heavy atom. The van der Waals surface area contributed by atoms with Gasteiger partial charge >= 0.3 is 5.97 Å². The maximum Gasteiger partial charge on any atom is 0.305 e. The number of carboxylic acids is 1. The fourth-order valence-corrected chi connectivity index (χ4v) is 2.27. The topological polar surface area (TPSA) is 66.4 Å². The van der Waals surface area contributed by atoms with Crippen LogP contribution in [0, 0.1) is 5.82 Å². The molecular formula is C13H16FNO3S. The Morgan fingerprint density at radius 2 is 2.00 bits per heavy atom. The lowest BCUT2D eigenvalue weighted by Gasteiger charge is -2.11. The van der Waals surface area contributed by atoms with Crippen molar-refractivity contribution in [3.8, 4) is 0 Å². The van der Waals surface area contributed by atoms with Crippen LogP contribution >= 0.6 is 11.8 Å². The van der Waals surface area contributed by atoms with Crippen LogP contribution < -0.4 is 5.32 Å². The molecule has 19 heavy (non-hydrogen) atoms. The first-order valence-electron chi connectivity index (χ1n) is 5.80. The monoisotopic (exact) mass is 285 g/mol. The first kappa shape index (κ1) is 15.5. The number of amides is 1. The number of hydrogen-bond acceptors (Lipinski definition) is 3. The van der Waals surface area contributed by atoms with E-state index in [0.29, 0.717) is 5.75 Å². The number of rotatable bonds is 7. The number of thioether (sulfide) groups is 1. The smallest absolute Gasteiger partial charge is 0.305 e. The number of carboxylic acid groups (broad SMARTS) is 1. The van der Waals surface area contributed by atoms with Crippen molar-refractivity contribution >= 4 is 23.6 Å². The van der Waals surface area contributed by atoms with Gasteiger partial charge in [-0.3, -0.25) is 9.59 Å². The zero-order valence-corrected chi connectivity index (χ0v) is 11.4. The molecule has 2 N–H and O–H groups in total. The summed E-state index contributed by atoms with van der Waals surface area (Å²) in [6, 6.07) is 5.73. The molecule has 0 saturated carbocycles. The van der Waals surface area contributed by atoms with E-state index in [0.717, 1.165) is 5.56 Å². The van der Waals surface area contributed by atoms with E-state index in [9.17, 15) is 14.0 Å². The van der Waals surface area contributed by atoms with Crippen molar-refractivity contribution in [1.29, 1.82) is 0 Å². The van der Waals surface area contributed by atoms with Crippen molar-refractivity contribution in [1.82, 2.24) is 5.32 Å². The Balaban J connectivity index is 2.23. The van der Waals surface area contributed by atoms with E-state index in [1.807, 2.05) is 0 Å². The first-order chi connectivity index (χ1) is 8.97. The minimum Gasteiger partial charge on any atom is -0.481 e. The molecule has 1 unspecified atom stereocenters. The molecule has 104 valence electrons. The molecular weight excluding hydrogens is 269 g/mol. The van der Waals surface area contributed by atoms with Gasteiger partial charge in [-0.05, 0) is 24.6 Å². The molecule has 0 heterocycles. The van der Waals surface area contributed by atoms with E-state index in [2.05, 4.69) is 5.32 Å². The lowest BCUT2D eigenvalue weighted by atomic mass is 10.2. The normalized spacial score (nSPS) is 11.9. The number of aliphatic carboxylic acids is 1. The summed E-state index contributed by atoms with van der Waals surface area (Å²) in [6.07, 6.45) is -0.0889. The molecule has 0 saturated heterocycles. The van der Waals surface area contributed by atoms with Crippen molar-refractivity contribution in [2.75, 3.05) is 5.75 Å². The molecule has 6 heteroatoms. The van der Waals surface area contributed by atoms with E-state index in [4.69, 9.17) is 5.11 Å². The van der Waals surface area contributed by atoms with Crippen LogP contribution in [-0.2, 0) is 15.3 Å². The van der Waals surface area contributed by atoms with E-state index in [1.54, 1.807) is 19.1 Å². The lowest BCUT2D eigenvalue weighted by molar-refractivity contribution is -0.137. The molecule has 1 atom stereocenters. The van der Waals surface area contributed by atoms with Gasteiger partial charge in [-0.15, -0.1) is 11.8 Å². The molecule has 0 aromatic heterocycles. The molecule has 1 amide bonds. The van der Waals surface area contributed by atoms with Crippen LogP contribution in [0.4, 0.5) is 4.39 Å². The third-order valence-electron chi connectivity index (χ3n) is 2.30. The number of benzene rings is 1. The fraction of sp³-hybridized carbons (Fsp3) is 0.385. The SMILES string of the molecule is CC(CC(=O)O)NC(=O)CSCc1ccc(F)cc1. The van der Waals surface area contributed by atoms with Gasteiger partial charge in [0.1, 0.15) is 5.82 Å². The molecule has 1 aromatic carbocycles. The minimum absolute atomic E-state index is 0.0889. The Morgan fingerprint density at radius 1 is 1.37 bits per heavy atom. The maximum atomic E-state index is 12.7. The predicted molar refractivity (Wildman–Crippen MR) is 72.4 cm³/mol. The highest BCUT2D eigenvalue weighted by molar-refractivity contribution is 7.99. The van der Waals surface area contributed by atoms with E-state index >= 15 is 0 Å². The molecule has 0 aliphatic heterocycles. The Kier molecular flexibility index (Phi) is 6.35. The van der Waals surface area contributed by atoms with Crippen LogP contribution in [0.15, 0.2) is 24.3 Å². The van der Waals surface area contributed by atoms with Gasteiger partial charge in [-0.25, -0.2) is 4.39 Å². The average Bonchev–Trinajstić information content (AvgIpc) is 2.30. The number of halogens is 1. The van der Waals surface area contributed by atoms with Crippen molar-refractivity contribution in [3.63, 3.8) is 0 Å². The zero-order chi connectivity index (χ0) is 14.3. The minimum atomic E-state index is -0.938. The van der Waals surface area contributed by atoms with Gasteiger partial charge in [0.15, 0.2) is 0 Å². The van der Waals surface area contributed by atoms with Crippen LogP contribution in [-0.4, -0.2) is 28.8 Å². The molecule has 0 aliphatic carbocycles. The van der Waals surface area contributed by atoms with Crippen LogP contribution in [0.1, 0.15) is 18.9 Å². The summed E-state index contributed by atoms with van der Waals surface area (Å²) < 4.78 is 12.7. The molecule has 0 radical (unpaired) electrons.